The van der Waals surface area contributed by atoms with Gasteiger partial charge in [0, 0.05) is 0 Å². The molecule has 0 saturated carbocycles. The third-order valence-electron chi connectivity index (χ3n) is 2.27. The van der Waals surface area contributed by atoms with Crippen molar-refractivity contribution in [2.45, 2.75) is 9.50 Å². The number of para-hydroxylation sites is 1. The van der Waals surface area contributed by atoms with E-state index in [4.69, 9.17) is 0 Å². The molecule has 0 aliphatic rings. The first-order chi connectivity index (χ1) is 9.74. The number of nitro groups is 1. The molecule has 0 radical (unpaired) electrons. The molecule has 0 bridgehead atoms. The Hall–Kier alpha value is -2.33. The highest BCUT2D eigenvalue weighted by Crippen LogP contribution is 2.33. The predicted octanol–water partition coefficient (Wildman–Crippen LogP) is 2.18. The van der Waals surface area contributed by atoms with E-state index >= 15 is 0 Å². The van der Waals surface area contributed by atoms with Crippen LogP contribution in [-0.4, -0.2) is 30.1 Å². The van der Waals surface area contributed by atoms with Crippen LogP contribution in [0.15, 0.2) is 46.0 Å². The third-order valence-corrected chi connectivity index (χ3v) is 4.23. The normalized spacial score (nSPS) is 10.6. The second-order valence-corrected chi connectivity index (χ2v) is 5.76. The molecule has 0 atom stereocenters. The quantitative estimate of drug-likeness (QED) is 0.538. The van der Waals surface area contributed by atoms with E-state index in [0.717, 1.165) is 17.0 Å². The summed E-state index contributed by atoms with van der Waals surface area (Å²) in [5.41, 5.74) is 0.811. The molecule has 0 fully saturated rings. The highest BCUT2D eigenvalue weighted by molar-refractivity contribution is 8.00. The molecule has 3 aromatic rings. The lowest BCUT2D eigenvalue weighted by atomic mass is 10.3. The fourth-order valence-electron chi connectivity index (χ4n) is 1.43. The Labute approximate surface area is 120 Å². The lowest BCUT2D eigenvalue weighted by Gasteiger charge is -2.01. The molecule has 2 aromatic heterocycles. The first kappa shape index (κ1) is 12.7. The molecule has 0 aliphatic heterocycles. The van der Waals surface area contributed by atoms with Crippen molar-refractivity contribution in [1.82, 2.24) is 25.2 Å². The van der Waals surface area contributed by atoms with Crippen LogP contribution >= 0.6 is 23.1 Å². The number of hydrogen-bond acceptors (Lipinski definition) is 8. The lowest BCUT2D eigenvalue weighted by Crippen LogP contribution is -1.98. The van der Waals surface area contributed by atoms with Gasteiger partial charge in [0.05, 0.1) is 10.6 Å². The summed E-state index contributed by atoms with van der Waals surface area (Å²) >= 11 is 2.17. The van der Waals surface area contributed by atoms with Gasteiger partial charge in [0.15, 0.2) is 4.34 Å². The Morgan fingerprint density at radius 1 is 1.30 bits per heavy atom. The second-order valence-electron chi connectivity index (χ2n) is 3.53. The average Bonchev–Trinajstić information content (AvgIpc) is 3.09. The van der Waals surface area contributed by atoms with E-state index in [0.29, 0.717) is 9.50 Å². The summed E-state index contributed by atoms with van der Waals surface area (Å²) in [7, 11) is 0. The minimum Gasteiger partial charge on any atom is -0.257 e. The van der Waals surface area contributed by atoms with Crippen molar-refractivity contribution in [3.63, 3.8) is 0 Å². The minimum atomic E-state index is -0.470. The van der Waals surface area contributed by atoms with Gasteiger partial charge in [-0.2, -0.15) is 4.68 Å². The molecule has 100 valence electrons. The van der Waals surface area contributed by atoms with Gasteiger partial charge >= 0.3 is 5.00 Å². The Morgan fingerprint density at radius 2 is 2.10 bits per heavy atom. The monoisotopic (exact) mass is 306 g/mol. The van der Waals surface area contributed by atoms with Gasteiger partial charge < -0.3 is 0 Å². The first-order valence-electron chi connectivity index (χ1n) is 5.36. The largest absolute Gasteiger partial charge is 0.344 e. The van der Waals surface area contributed by atoms with E-state index in [9.17, 15) is 10.1 Å². The summed E-state index contributed by atoms with van der Waals surface area (Å²) in [5, 5.41) is 22.5. The van der Waals surface area contributed by atoms with Gasteiger partial charge in [-0.25, -0.2) is 4.98 Å². The molecule has 1 aromatic carbocycles. The van der Waals surface area contributed by atoms with Gasteiger partial charge in [0.1, 0.15) is 6.20 Å². The summed E-state index contributed by atoms with van der Waals surface area (Å²) in [6, 6.07) is 9.37. The summed E-state index contributed by atoms with van der Waals surface area (Å²) in [5.74, 6) is 0. The van der Waals surface area contributed by atoms with Crippen LogP contribution in [0.25, 0.3) is 5.69 Å². The van der Waals surface area contributed by atoms with Crippen LogP contribution in [0, 0.1) is 10.1 Å². The Morgan fingerprint density at radius 3 is 2.80 bits per heavy atom. The number of aromatic nitrogens is 5. The number of nitrogens with zero attached hydrogens (tertiary/aromatic N) is 6. The number of benzene rings is 1. The van der Waals surface area contributed by atoms with E-state index < -0.39 is 4.92 Å². The van der Waals surface area contributed by atoms with E-state index in [1.807, 2.05) is 30.3 Å². The fourth-order valence-corrected chi connectivity index (χ4v) is 3.11. The Balaban J connectivity index is 1.88. The van der Waals surface area contributed by atoms with Gasteiger partial charge in [-0.3, -0.25) is 10.1 Å². The van der Waals surface area contributed by atoms with Crippen LogP contribution in [0.1, 0.15) is 0 Å². The molecule has 8 nitrogen and oxygen atoms in total. The van der Waals surface area contributed by atoms with Crippen molar-refractivity contribution >= 4 is 28.1 Å². The van der Waals surface area contributed by atoms with Crippen LogP contribution in [0.3, 0.4) is 0 Å². The summed E-state index contributed by atoms with van der Waals surface area (Å²) in [6.45, 7) is 0. The molecule has 0 aliphatic carbocycles. The maximum atomic E-state index is 10.6. The maximum absolute atomic E-state index is 10.6. The van der Waals surface area contributed by atoms with Gasteiger partial charge in [-0.05, 0) is 45.7 Å². The van der Waals surface area contributed by atoms with Crippen LogP contribution in [-0.2, 0) is 0 Å². The molecule has 2 heterocycles. The molecule has 0 amide bonds. The van der Waals surface area contributed by atoms with E-state index in [2.05, 4.69) is 20.5 Å². The standard InChI is InChI=1S/C10H6N6O2S2/c17-16(18)8-6-11-10(19-8)20-9-12-13-14-15(9)7-4-2-1-3-5-7/h1-6H. The van der Waals surface area contributed by atoms with Crippen molar-refractivity contribution in [3.05, 3.63) is 46.6 Å². The SMILES string of the molecule is O=[N+]([O-])c1cnc(Sc2nnnn2-c2ccccc2)s1. The fraction of sp³-hybridized carbons (Fsp3) is 0. The smallest absolute Gasteiger partial charge is 0.257 e. The van der Waals surface area contributed by atoms with Gasteiger partial charge in [-0.1, -0.05) is 18.2 Å². The molecule has 20 heavy (non-hydrogen) atoms. The summed E-state index contributed by atoms with van der Waals surface area (Å²) in [4.78, 5) is 14.1. The van der Waals surface area contributed by atoms with E-state index in [-0.39, 0.29) is 5.00 Å². The predicted molar refractivity (Wildman–Crippen MR) is 72.0 cm³/mol. The number of thiazole rings is 1. The van der Waals surface area contributed by atoms with E-state index in [1.165, 1.54) is 18.0 Å². The molecule has 0 N–H and O–H groups in total. The number of hydrogen-bond donors (Lipinski definition) is 0. The molecule has 10 heteroatoms. The zero-order chi connectivity index (χ0) is 13.9. The number of tetrazole rings is 1. The van der Waals surface area contributed by atoms with Crippen molar-refractivity contribution in [3.8, 4) is 5.69 Å². The number of rotatable bonds is 4. The molecule has 0 unspecified atom stereocenters. The maximum Gasteiger partial charge on any atom is 0.344 e. The molecule has 3 rings (SSSR count). The average molecular weight is 306 g/mol. The summed E-state index contributed by atoms with van der Waals surface area (Å²) < 4.78 is 2.07. The van der Waals surface area contributed by atoms with E-state index in [1.54, 1.807) is 4.68 Å². The Kier molecular flexibility index (Phi) is 3.39. The van der Waals surface area contributed by atoms with Crippen LogP contribution in [0.2, 0.25) is 0 Å². The van der Waals surface area contributed by atoms with Crippen molar-refractivity contribution in [2.75, 3.05) is 0 Å². The van der Waals surface area contributed by atoms with Crippen molar-refractivity contribution in [1.29, 1.82) is 0 Å². The van der Waals surface area contributed by atoms with Crippen LogP contribution in [0.5, 0.6) is 0 Å². The zero-order valence-corrected chi connectivity index (χ0v) is 11.4. The van der Waals surface area contributed by atoms with Gasteiger partial charge in [-0.15, -0.1) is 5.10 Å². The van der Waals surface area contributed by atoms with Gasteiger partial charge in [0.25, 0.3) is 0 Å². The second kappa shape index (κ2) is 5.35. The van der Waals surface area contributed by atoms with Crippen molar-refractivity contribution in [2.24, 2.45) is 0 Å². The zero-order valence-electron chi connectivity index (χ0n) is 9.78. The first-order valence-corrected chi connectivity index (χ1v) is 6.99. The Bertz CT molecular complexity index is 741. The van der Waals surface area contributed by atoms with Crippen LogP contribution in [0.4, 0.5) is 5.00 Å². The van der Waals surface area contributed by atoms with Gasteiger partial charge in [0.2, 0.25) is 5.16 Å². The molecule has 0 spiro atoms. The highest BCUT2D eigenvalue weighted by Gasteiger charge is 2.16. The summed E-state index contributed by atoms with van der Waals surface area (Å²) in [6.07, 6.45) is 1.23. The molecule has 0 saturated heterocycles. The third kappa shape index (κ3) is 2.51. The topological polar surface area (TPSA) is 99.6 Å². The van der Waals surface area contributed by atoms with Crippen LogP contribution < -0.4 is 0 Å². The lowest BCUT2D eigenvalue weighted by molar-refractivity contribution is -0.380. The highest BCUT2D eigenvalue weighted by atomic mass is 32.2. The molecular formula is C10H6N6O2S2. The van der Waals surface area contributed by atoms with Crippen molar-refractivity contribution < 1.29 is 4.92 Å². The minimum absolute atomic E-state index is 0.00812. The molecular weight excluding hydrogens is 300 g/mol.